The minimum atomic E-state index is -0.998. The standard InChI is InChI=1S/C17H21N3O4/c1-12-4-5-15(24-12)14(20-7-9-23-10-8-20)11-19-16-13(17(21)22)3-2-6-18-16/h2-6,14H,7-11H2,1H3,(H,18,19)(H,21,22). The summed E-state index contributed by atoms with van der Waals surface area (Å²) >= 11 is 0. The minimum absolute atomic E-state index is 0.00810. The van der Waals surface area contributed by atoms with Gasteiger partial charge in [-0.1, -0.05) is 0 Å². The Morgan fingerprint density at radius 3 is 2.83 bits per heavy atom. The number of pyridine rings is 1. The van der Waals surface area contributed by atoms with Gasteiger partial charge in [0.1, 0.15) is 22.9 Å². The number of carboxylic acids is 1. The van der Waals surface area contributed by atoms with Crippen LogP contribution in [0.2, 0.25) is 0 Å². The van der Waals surface area contributed by atoms with Gasteiger partial charge in [-0.15, -0.1) is 0 Å². The maximum atomic E-state index is 11.3. The molecule has 0 aromatic carbocycles. The predicted octanol–water partition coefficient (Wildman–Crippen LogP) is 2.17. The number of aromatic carboxylic acids is 1. The molecule has 0 aliphatic carbocycles. The van der Waals surface area contributed by atoms with Crippen LogP contribution in [0.5, 0.6) is 0 Å². The fourth-order valence-corrected chi connectivity index (χ4v) is 2.84. The number of nitrogens with zero attached hydrogens (tertiary/aromatic N) is 2. The molecule has 128 valence electrons. The summed E-state index contributed by atoms with van der Waals surface area (Å²) in [6, 6.07) is 7.05. The number of aromatic nitrogens is 1. The molecule has 0 spiro atoms. The summed E-state index contributed by atoms with van der Waals surface area (Å²) in [7, 11) is 0. The number of aryl methyl sites for hydroxylation is 1. The number of furan rings is 1. The Kier molecular flexibility index (Phi) is 5.12. The van der Waals surface area contributed by atoms with E-state index in [2.05, 4.69) is 15.2 Å². The van der Waals surface area contributed by atoms with Gasteiger partial charge in [-0.25, -0.2) is 9.78 Å². The SMILES string of the molecule is Cc1ccc(C(CNc2ncccc2C(=O)O)N2CCOCC2)o1. The van der Waals surface area contributed by atoms with Gasteiger partial charge in [-0.05, 0) is 31.2 Å². The first kappa shape index (κ1) is 16.5. The highest BCUT2D eigenvalue weighted by Gasteiger charge is 2.25. The van der Waals surface area contributed by atoms with Gasteiger partial charge in [-0.2, -0.15) is 0 Å². The average Bonchev–Trinajstić information content (AvgIpc) is 3.02. The van der Waals surface area contributed by atoms with Crippen molar-refractivity contribution in [2.45, 2.75) is 13.0 Å². The third-order valence-electron chi connectivity index (χ3n) is 4.08. The van der Waals surface area contributed by atoms with Crippen LogP contribution >= 0.6 is 0 Å². The number of ether oxygens (including phenoxy) is 1. The van der Waals surface area contributed by atoms with Crippen LogP contribution in [-0.2, 0) is 4.74 Å². The first-order valence-electron chi connectivity index (χ1n) is 7.95. The van der Waals surface area contributed by atoms with Crippen LogP contribution in [0.25, 0.3) is 0 Å². The van der Waals surface area contributed by atoms with Crippen LogP contribution in [0.3, 0.4) is 0 Å². The summed E-state index contributed by atoms with van der Waals surface area (Å²) in [5, 5.41) is 12.4. The largest absolute Gasteiger partial charge is 0.478 e. The molecule has 2 aromatic rings. The average molecular weight is 331 g/mol. The fraction of sp³-hybridized carbons (Fsp3) is 0.412. The smallest absolute Gasteiger partial charge is 0.339 e. The highest BCUT2D eigenvalue weighted by Crippen LogP contribution is 2.25. The van der Waals surface area contributed by atoms with Crippen molar-refractivity contribution in [3.63, 3.8) is 0 Å². The summed E-state index contributed by atoms with van der Waals surface area (Å²) < 4.78 is 11.2. The topological polar surface area (TPSA) is 87.8 Å². The van der Waals surface area contributed by atoms with E-state index in [4.69, 9.17) is 9.15 Å². The van der Waals surface area contributed by atoms with Crippen LogP contribution in [0.1, 0.15) is 27.9 Å². The lowest BCUT2D eigenvalue weighted by Gasteiger charge is -2.33. The van der Waals surface area contributed by atoms with Gasteiger partial charge in [0, 0.05) is 25.8 Å². The van der Waals surface area contributed by atoms with E-state index in [1.54, 1.807) is 18.3 Å². The maximum Gasteiger partial charge on any atom is 0.339 e. The van der Waals surface area contributed by atoms with Crippen molar-refractivity contribution in [1.82, 2.24) is 9.88 Å². The molecular formula is C17H21N3O4. The lowest BCUT2D eigenvalue weighted by Crippen LogP contribution is -2.41. The number of morpholine rings is 1. The second-order valence-corrected chi connectivity index (χ2v) is 5.70. The van der Waals surface area contributed by atoms with Crippen LogP contribution in [0, 0.1) is 6.92 Å². The van der Waals surface area contributed by atoms with Gasteiger partial charge in [0.2, 0.25) is 0 Å². The van der Waals surface area contributed by atoms with Crippen molar-refractivity contribution < 1.29 is 19.1 Å². The van der Waals surface area contributed by atoms with E-state index in [1.165, 1.54) is 0 Å². The summed E-state index contributed by atoms with van der Waals surface area (Å²) in [5.74, 6) is 1.08. The van der Waals surface area contributed by atoms with Crippen LogP contribution < -0.4 is 5.32 Å². The molecule has 2 aromatic heterocycles. The van der Waals surface area contributed by atoms with Gasteiger partial charge < -0.3 is 19.6 Å². The first-order chi connectivity index (χ1) is 11.6. The van der Waals surface area contributed by atoms with E-state index in [-0.39, 0.29) is 11.6 Å². The van der Waals surface area contributed by atoms with E-state index in [1.807, 2.05) is 19.1 Å². The molecule has 3 rings (SSSR count). The summed E-state index contributed by atoms with van der Waals surface area (Å²) in [4.78, 5) is 17.7. The van der Waals surface area contributed by atoms with E-state index in [0.717, 1.165) is 24.6 Å². The summed E-state index contributed by atoms with van der Waals surface area (Å²) in [6.07, 6.45) is 1.58. The Balaban J connectivity index is 1.78. The second-order valence-electron chi connectivity index (χ2n) is 5.70. The van der Waals surface area contributed by atoms with Crippen molar-refractivity contribution >= 4 is 11.8 Å². The molecule has 1 unspecified atom stereocenters. The molecule has 0 saturated carbocycles. The third kappa shape index (κ3) is 3.74. The monoisotopic (exact) mass is 331 g/mol. The molecule has 1 aliphatic rings. The molecule has 1 fully saturated rings. The van der Waals surface area contributed by atoms with Crippen LogP contribution in [-0.4, -0.2) is 53.8 Å². The quantitative estimate of drug-likeness (QED) is 0.838. The summed E-state index contributed by atoms with van der Waals surface area (Å²) in [5.41, 5.74) is 0.161. The van der Waals surface area contributed by atoms with E-state index < -0.39 is 5.97 Å². The summed E-state index contributed by atoms with van der Waals surface area (Å²) in [6.45, 7) is 5.39. The molecule has 1 saturated heterocycles. The van der Waals surface area contributed by atoms with Crippen molar-refractivity contribution in [2.24, 2.45) is 0 Å². The lowest BCUT2D eigenvalue weighted by molar-refractivity contribution is 0.0143. The number of rotatable bonds is 6. The Labute approximate surface area is 140 Å². The zero-order valence-electron chi connectivity index (χ0n) is 13.6. The Bertz CT molecular complexity index is 695. The molecule has 0 amide bonds. The van der Waals surface area contributed by atoms with Gasteiger partial charge in [0.15, 0.2) is 0 Å². The number of carbonyl (C=O) groups is 1. The number of anilines is 1. The van der Waals surface area contributed by atoms with Crippen LogP contribution in [0.4, 0.5) is 5.82 Å². The Morgan fingerprint density at radius 2 is 2.17 bits per heavy atom. The van der Waals surface area contributed by atoms with Crippen molar-refractivity contribution in [2.75, 3.05) is 38.2 Å². The highest BCUT2D eigenvalue weighted by atomic mass is 16.5. The molecule has 1 atom stereocenters. The molecular weight excluding hydrogens is 310 g/mol. The molecule has 2 N–H and O–H groups in total. The molecule has 3 heterocycles. The Morgan fingerprint density at radius 1 is 1.38 bits per heavy atom. The molecule has 1 aliphatic heterocycles. The number of hydrogen-bond donors (Lipinski definition) is 2. The number of nitrogens with one attached hydrogen (secondary N) is 1. The van der Waals surface area contributed by atoms with E-state index in [9.17, 15) is 9.90 Å². The van der Waals surface area contributed by atoms with Crippen molar-refractivity contribution in [3.8, 4) is 0 Å². The maximum absolute atomic E-state index is 11.3. The number of carboxylic acid groups (broad SMARTS) is 1. The van der Waals surface area contributed by atoms with Gasteiger partial charge in [0.25, 0.3) is 0 Å². The first-order valence-corrected chi connectivity index (χ1v) is 7.95. The molecule has 7 nitrogen and oxygen atoms in total. The van der Waals surface area contributed by atoms with Gasteiger partial charge in [0.05, 0.1) is 19.3 Å². The predicted molar refractivity (Wildman–Crippen MR) is 88.3 cm³/mol. The zero-order chi connectivity index (χ0) is 16.9. The highest BCUT2D eigenvalue weighted by molar-refractivity contribution is 5.92. The zero-order valence-corrected chi connectivity index (χ0v) is 13.6. The molecule has 7 heteroatoms. The lowest BCUT2D eigenvalue weighted by atomic mass is 10.1. The van der Waals surface area contributed by atoms with E-state index in [0.29, 0.717) is 25.6 Å². The van der Waals surface area contributed by atoms with E-state index >= 15 is 0 Å². The fourth-order valence-electron chi connectivity index (χ4n) is 2.84. The molecule has 0 bridgehead atoms. The third-order valence-corrected chi connectivity index (χ3v) is 4.08. The normalized spacial score (nSPS) is 16.7. The van der Waals surface area contributed by atoms with Gasteiger partial charge in [-0.3, -0.25) is 4.90 Å². The van der Waals surface area contributed by atoms with Crippen molar-refractivity contribution in [1.29, 1.82) is 0 Å². The van der Waals surface area contributed by atoms with Crippen LogP contribution in [0.15, 0.2) is 34.9 Å². The minimum Gasteiger partial charge on any atom is -0.478 e. The van der Waals surface area contributed by atoms with Crippen molar-refractivity contribution in [3.05, 3.63) is 47.5 Å². The Hall–Kier alpha value is -2.38. The number of hydrogen-bond acceptors (Lipinski definition) is 6. The molecule has 24 heavy (non-hydrogen) atoms. The molecule has 0 radical (unpaired) electrons. The second kappa shape index (κ2) is 7.46. The van der Waals surface area contributed by atoms with Gasteiger partial charge >= 0.3 is 5.97 Å².